The van der Waals surface area contributed by atoms with Crippen LogP contribution in [0.3, 0.4) is 0 Å². The Kier molecular flexibility index (Phi) is 5.57. The van der Waals surface area contributed by atoms with Crippen LogP contribution in [0.25, 0.3) is 0 Å². The standard InChI is InChI=1S/C10H14F2O7S/c1-7(9(13)19-8-3-2-4-18-8)5-17-6-10(11,12)20(14,15)16/h8H,1-6H2,(H,14,15,16)/p-1. The summed E-state index contributed by atoms with van der Waals surface area (Å²) in [6.07, 6.45) is 0.545. The van der Waals surface area contributed by atoms with Crippen LogP contribution in [0.1, 0.15) is 12.8 Å². The van der Waals surface area contributed by atoms with Gasteiger partial charge in [-0.25, -0.2) is 13.2 Å². The van der Waals surface area contributed by atoms with Crippen molar-refractivity contribution in [2.24, 2.45) is 0 Å². The van der Waals surface area contributed by atoms with E-state index in [1.807, 2.05) is 0 Å². The van der Waals surface area contributed by atoms with Crippen molar-refractivity contribution in [3.05, 3.63) is 12.2 Å². The van der Waals surface area contributed by atoms with E-state index in [1.165, 1.54) is 0 Å². The van der Waals surface area contributed by atoms with Crippen molar-refractivity contribution in [1.82, 2.24) is 0 Å². The van der Waals surface area contributed by atoms with Crippen molar-refractivity contribution in [3.8, 4) is 0 Å². The molecule has 0 aromatic rings. The maximum Gasteiger partial charge on any atom is 0.357 e. The van der Waals surface area contributed by atoms with E-state index in [0.717, 1.165) is 6.42 Å². The monoisotopic (exact) mass is 315 g/mol. The van der Waals surface area contributed by atoms with Crippen molar-refractivity contribution >= 4 is 16.1 Å². The van der Waals surface area contributed by atoms with Gasteiger partial charge in [-0.15, -0.1) is 0 Å². The summed E-state index contributed by atoms with van der Waals surface area (Å²) >= 11 is 0. The smallest absolute Gasteiger partial charge is 0.357 e. The number of carbonyl (C=O) groups is 1. The lowest BCUT2D eigenvalue weighted by atomic mass is 10.3. The Morgan fingerprint density at radius 2 is 2.15 bits per heavy atom. The van der Waals surface area contributed by atoms with E-state index in [1.54, 1.807) is 0 Å². The number of ether oxygens (including phenoxy) is 3. The van der Waals surface area contributed by atoms with Crippen LogP contribution in [-0.2, 0) is 29.1 Å². The molecule has 1 heterocycles. The molecule has 0 bridgehead atoms. The third-order valence-electron chi connectivity index (χ3n) is 2.33. The number of rotatable bonds is 7. The first-order chi connectivity index (χ1) is 9.13. The molecule has 1 fully saturated rings. The molecular weight excluding hydrogens is 302 g/mol. The molecule has 0 aromatic carbocycles. The second-order valence-electron chi connectivity index (χ2n) is 4.04. The minimum Gasteiger partial charge on any atom is -0.743 e. The van der Waals surface area contributed by atoms with E-state index < -0.39 is 40.8 Å². The van der Waals surface area contributed by atoms with Crippen molar-refractivity contribution in [3.63, 3.8) is 0 Å². The molecule has 116 valence electrons. The lowest BCUT2D eigenvalue weighted by Gasteiger charge is -2.19. The van der Waals surface area contributed by atoms with E-state index in [2.05, 4.69) is 11.3 Å². The van der Waals surface area contributed by atoms with E-state index >= 15 is 0 Å². The Morgan fingerprint density at radius 1 is 1.50 bits per heavy atom. The highest BCUT2D eigenvalue weighted by Crippen LogP contribution is 2.21. The summed E-state index contributed by atoms with van der Waals surface area (Å²) in [4.78, 5) is 11.4. The van der Waals surface area contributed by atoms with E-state index in [0.29, 0.717) is 13.0 Å². The minimum absolute atomic E-state index is 0.292. The third-order valence-corrected chi connectivity index (χ3v) is 3.18. The molecule has 0 spiro atoms. The van der Waals surface area contributed by atoms with Gasteiger partial charge in [0.05, 0.1) is 18.8 Å². The highest BCUT2D eigenvalue weighted by atomic mass is 32.2. The van der Waals surface area contributed by atoms with Gasteiger partial charge in [-0.1, -0.05) is 6.58 Å². The normalized spacial score (nSPS) is 19.9. The molecule has 0 saturated carbocycles. The summed E-state index contributed by atoms with van der Waals surface area (Å²) in [7, 11) is -5.81. The molecule has 1 aliphatic heterocycles. The highest BCUT2D eigenvalue weighted by molar-refractivity contribution is 7.86. The van der Waals surface area contributed by atoms with Crippen LogP contribution in [0.15, 0.2) is 12.2 Å². The summed E-state index contributed by atoms with van der Waals surface area (Å²) in [6, 6.07) is 0. The van der Waals surface area contributed by atoms with Crippen molar-refractivity contribution in [2.45, 2.75) is 24.4 Å². The molecule has 1 saturated heterocycles. The molecule has 1 unspecified atom stereocenters. The van der Waals surface area contributed by atoms with Crippen LogP contribution in [0.4, 0.5) is 8.78 Å². The van der Waals surface area contributed by atoms with Gasteiger partial charge in [0.2, 0.25) is 6.29 Å². The molecule has 0 radical (unpaired) electrons. The van der Waals surface area contributed by atoms with Gasteiger partial charge in [-0.3, -0.25) is 0 Å². The van der Waals surface area contributed by atoms with Crippen LogP contribution >= 0.6 is 0 Å². The van der Waals surface area contributed by atoms with Crippen molar-refractivity contribution < 1.29 is 40.8 Å². The zero-order chi connectivity index (χ0) is 15.4. The molecular formula is C10H13F2O7S-. The Hall–Kier alpha value is -1.10. The van der Waals surface area contributed by atoms with E-state index in [4.69, 9.17) is 9.47 Å². The first-order valence-corrected chi connectivity index (χ1v) is 6.95. The van der Waals surface area contributed by atoms with Gasteiger partial charge in [0.15, 0.2) is 10.1 Å². The van der Waals surface area contributed by atoms with E-state index in [9.17, 15) is 26.5 Å². The van der Waals surface area contributed by atoms with Crippen molar-refractivity contribution in [2.75, 3.05) is 19.8 Å². The predicted octanol–water partition coefficient (Wildman–Crippen LogP) is 0.377. The highest BCUT2D eigenvalue weighted by Gasteiger charge is 2.38. The summed E-state index contributed by atoms with van der Waals surface area (Å²) in [6.45, 7) is 1.36. The molecule has 7 nitrogen and oxygen atoms in total. The Labute approximate surface area is 114 Å². The maximum absolute atomic E-state index is 12.7. The lowest BCUT2D eigenvalue weighted by Crippen LogP contribution is -2.34. The second kappa shape index (κ2) is 6.57. The van der Waals surface area contributed by atoms with Gasteiger partial charge >= 0.3 is 11.2 Å². The van der Waals surface area contributed by atoms with Crippen molar-refractivity contribution in [1.29, 1.82) is 0 Å². The Morgan fingerprint density at radius 3 is 2.65 bits per heavy atom. The Bertz CT molecular complexity index is 468. The molecule has 20 heavy (non-hydrogen) atoms. The average Bonchev–Trinajstić information content (AvgIpc) is 2.79. The first-order valence-electron chi connectivity index (χ1n) is 5.55. The van der Waals surface area contributed by atoms with Crippen LogP contribution in [0.5, 0.6) is 0 Å². The fourth-order valence-electron chi connectivity index (χ4n) is 1.27. The summed E-state index contributed by atoms with van der Waals surface area (Å²) in [5.41, 5.74) is -0.292. The number of carbonyl (C=O) groups excluding carboxylic acids is 1. The minimum atomic E-state index is -5.81. The number of alkyl halides is 2. The number of esters is 1. The number of halogens is 2. The molecule has 10 heteroatoms. The first kappa shape index (κ1) is 17.0. The SMILES string of the molecule is C=C(COCC(F)(F)S(=O)(=O)[O-])C(=O)OC1CCCO1. The fourth-order valence-corrected chi connectivity index (χ4v) is 1.50. The van der Waals surface area contributed by atoms with Gasteiger partial charge in [0, 0.05) is 6.42 Å². The molecule has 0 aromatic heterocycles. The quantitative estimate of drug-likeness (QED) is 0.380. The van der Waals surface area contributed by atoms with Crippen LogP contribution in [-0.4, -0.2) is 50.3 Å². The van der Waals surface area contributed by atoms with Crippen LogP contribution in [0.2, 0.25) is 0 Å². The summed E-state index contributed by atoms with van der Waals surface area (Å²) in [5.74, 6) is -0.898. The third kappa shape index (κ3) is 4.78. The zero-order valence-corrected chi connectivity index (χ0v) is 11.2. The maximum atomic E-state index is 12.7. The van der Waals surface area contributed by atoms with E-state index in [-0.39, 0.29) is 5.57 Å². The summed E-state index contributed by atoms with van der Waals surface area (Å²) < 4.78 is 70.1. The molecule has 1 atom stereocenters. The Balaban J connectivity index is 2.34. The molecule has 0 aliphatic carbocycles. The largest absolute Gasteiger partial charge is 0.743 e. The zero-order valence-electron chi connectivity index (χ0n) is 10.3. The topological polar surface area (TPSA) is 102 Å². The average molecular weight is 315 g/mol. The predicted molar refractivity (Wildman–Crippen MR) is 59.7 cm³/mol. The fraction of sp³-hybridized carbons (Fsp3) is 0.700. The molecule has 0 amide bonds. The molecule has 0 N–H and O–H groups in total. The molecule has 1 rings (SSSR count). The van der Waals surface area contributed by atoms with Gasteiger partial charge in [0.25, 0.3) is 0 Å². The van der Waals surface area contributed by atoms with Crippen LogP contribution < -0.4 is 0 Å². The second-order valence-corrected chi connectivity index (χ2v) is 5.54. The van der Waals surface area contributed by atoms with Gasteiger partial charge < -0.3 is 18.8 Å². The van der Waals surface area contributed by atoms with Gasteiger partial charge in [-0.2, -0.15) is 8.78 Å². The van der Waals surface area contributed by atoms with Gasteiger partial charge in [0.1, 0.15) is 6.61 Å². The number of hydrogen-bond donors (Lipinski definition) is 0. The molecule has 1 aliphatic rings. The van der Waals surface area contributed by atoms with Crippen LogP contribution in [0, 0.1) is 0 Å². The van der Waals surface area contributed by atoms with Gasteiger partial charge in [-0.05, 0) is 6.42 Å². The number of hydrogen-bond acceptors (Lipinski definition) is 7. The lowest BCUT2D eigenvalue weighted by molar-refractivity contribution is -0.165. The summed E-state index contributed by atoms with van der Waals surface area (Å²) in [5, 5.41) is -4.56.